The summed E-state index contributed by atoms with van der Waals surface area (Å²) in [5.41, 5.74) is 0.421. The normalized spacial score (nSPS) is 10.6. The summed E-state index contributed by atoms with van der Waals surface area (Å²) in [6.07, 6.45) is 4.09. The van der Waals surface area contributed by atoms with Gasteiger partial charge >= 0.3 is 5.97 Å². The van der Waals surface area contributed by atoms with E-state index >= 15 is 0 Å². The van der Waals surface area contributed by atoms with Crippen LogP contribution in [0.3, 0.4) is 0 Å². The second-order valence-corrected chi connectivity index (χ2v) is 5.04. The van der Waals surface area contributed by atoms with Crippen molar-refractivity contribution in [3.8, 4) is 0 Å². The Morgan fingerprint density at radius 2 is 1.95 bits per heavy atom. The highest BCUT2D eigenvalue weighted by molar-refractivity contribution is 6.35. The molecule has 22 heavy (non-hydrogen) atoms. The lowest BCUT2D eigenvalue weighted by Gasteiger charge is -2.06. The molecule has 114 valence electrons. The van der Waals surface area contributed by atoms with E-state index in [1.165, 1.54) is 36.6 Å². The molecule has 0 bridgehead atoms. The Morgan fingerprint density at radius 1 is 1.23 bits per heavy atom. The Kier molecular flexibility index (Phi) is 5.63. The molecule has 0 saturated carbocycles. The van der Waals surface area contributed by atoms with Crippen LogP contribution in [0.4, 0.5) is 5.69 Å². The molecule has 0 saturated heterocycles. The second-order valence-electron chi connectivity index (χ2n) is 4.16. The lowest BCUT2D eigenvalue weighted by molar-refractivity contribution is -0.142. The Hall–Kier alpha value is -2.24. The minimum absolute atomic E-state index is 0.390. The van der Waals surface area contributed by atoms with Crippen LogP contribution in [0.1, 0.15) is 5.76 Å². The maximum absolute atomic E-state index is 11.7. The minimum Gasteiger partial charge on any atom is -0.465 e. The van der Waals surface area contributed by atoms with Gasteiger partial charge in [0.05, 0.1) is 6.26 Å². The number of halogens is 2. The van der Waals surface area contributed by atoms with E-state index in [0.29, 0.717) is 21.5 Å². The summed E-state index contributed by atoms with van der Waals surface area (Å²) in [5, 5.41) is 3.30. The number of amides is 1. The number of hydrogen-bond acceptors (Lipinski definition) is 4. The van der Waals surface area contributed by atoms with Gasteiger partial charge in [0.1, 0.15) is 5.76 Å². The van der Waals surface area contributed by atoms with Gasteiger partial charge in [0.25, 0.3) is 5.91 Å². The molecule has 5 nitrogen and oxygen atoms in total. The van der Waals surface area contributed by atoms with E-state index < -0.39 is 18.5 Å². The van der Waals surface area contributed by atoms with Crippen LogP contribution in [0, 0.1) is 0 Å². The number of anilines is 1. The number of carbonyl (C=O) groups is 2. The van der Waals surface area contributed by atoms with Crippen molar-refractivity contribution in [3.63, 3.8) is 0 Å². The van der Waals surface area contributed by atoms with E-state index in [1.54, 1.807) is 12.1 Å². The van der Waals surface area contributed by atoms with Crippen molar-refractivity contribution in [2.75, 3.05) is 11.9 Å². The summed E-state index contributed by atoms with van der Waals surface area (Å²) in [5.74, 6) is -0.649. The molecule has 7 heteroatoms. The average molecular weight is 340 g/mol. The van der Waals surface area contributed by atoms with Crippen LogP contribution in [0.5, 0.6) is 0 Å². The highest BCUT2D eigenvalue weighted by Crippen LogP contribution is 2.22. The molecule has 1 N–H and O–H groups in total. The lowest BCUT2D eigenvalue weighted by Crippen LogP contribution is -2.20. The van der Waals surface area contributed by atoms with Gasteiger partial charge in [-0.2, -0.15) is 0 Å². The Balaban J connectivity index is 1.81. The summed E-state index contributed by atoms with van der Waals surface area (Å²) in [6.45, 7) is -0.425. The van der Waals surface area contributed by atoms with Crippen LogP contribution in [-0.4, -0.2) is 18.5 Å². The van der Waals surface area contributed by atoms with Gasteiger partial charge in [0.15, 0.2) is 6.61 Å². The average Bonchev–Trinajstić information content (AvgIpc) is 2.95. The summed E-state index contributed by atoms with van der Waals surface area (Å²) < 4.78 is 9.80. The standard InChI is InChI=1S/C15H11Cl2NO4/c16-10-6-11(17)8-12(7-10)18-14(19)9-22-15(20)4-3-13-2-1-5-21-13/h1-8H,9H2,(H,18,19). The van der Waals surface area contributed by atoms with Crippen molar-refractivity contribution >= 4 is 46.8 Å². The second kappa shape index (κ2) is 7.68. The minimum atomic E-state index is -0.657. The Bertz CT molecular complexity index is 675. The first-order chi connectivity index (χ1) is 10.5. The Morgan fingerprint density at radius 3 is 2.59 bits per heavy atom. The predicted molar refractivity (Wildman–Crippen MR) is 83.8 cm³/mol. The van der Waals surface area contributed by atoms with Gasteiger partial charge < -0.3 is 14.5 Å². The fourth-order valence-corrected chi connectivity index (χ4v) is 2.07. The molecule has 2 rings (SSSR count). The quantitative estimate of drug-likeness (QED) is 0.664. The van der Waals surface area contributed by atoms with Gasteiger partial charge in [-0.25, -0.2) is 4.79 Å². The first-order valence-corrected chi connectivity index (χ1v) is 6.93. The Labute approximate surface area is 136 Å². The zero-order valence-electron chi connectivity index (χ0n) is 11.2. The zero-order valence-corrected chi connectivity index (χ0v) is 12.7. The summed E-state index contributed by atoms with van der Waals surface area (Å²) in [4.78, 5) is 23.1. The van der Waals surface area contributed by atoms with Crippen molar-refractivity contribution in [1.29, 1.82) is 0 Å². The summed E-state index contributed by atoms with van der Waals surface area (Å²) in [7, 11) is 0. The van der Waals surface area contributed by atoms with Crippen LogP contribution < -0.4 is 5.32 Å². The number of furan rings is 1. The first-order valence-electron chi connectivity index (χ1n) is 6.17. The van der Waals surface area contributed by atoms with Crippen LogP contribution in [-0.2, 0) is 14.3 Å². The van der Waals surface area contributed by atoms with Crippen molar-refractivity contribution in [2.24, 2.45) is 0 Å². The zero-order chi connectivity index (χ0) is 15.9. The summed E-state index contributed by atoms with van der Waals surface area (Å²) in [6, 6.07) is 7.97. The van der Waals surface area contributed by atoms with E-state index in [0.717, 1.165) is 0 Å². The molecule has 1 aromatic carbocycles. The third kappa shape index (κ3) is 5.27. The van der Waals surface area contributed by atoms with Crippen LogP contribution in [0.2, 0.25) is 10.0 Å². The van der Waals surface area contributed by atoms with Gasteiger partial charge in [-0.15, -0.1) is 0 Å². The molecule has 0 fully saturated rings. The maximum atomic E-state index is 11.7. The molecule has 1 heterocycles. The molecule has 1 aromatic heterocycles. The molecular weight excluding hydrogens is 329 g/mol. The van der Waals surface area contributed by atoms with Crippen LogP contribution in [0.25, 0.3) is 6.08 Å². The number of esters is 1. The van der Waals surface area contributed by atoms with Crippen LogP contribution in [0.15, 0.2) is 47.1 Å². The number of carbonyl (C=O) groups excluding carboxylic acids is 2. The molecule has 0 unspecified atom stereocenters. The van der Waals surface area contributed by atoms with E-state index in [1.807, 2.05) is 0 Å². The molecule has 0 aliphatic heterocycles. The highest BCUT2D eigenvalue weighted by atomic mass is 35.5. The van der Waals surface area contributed by atoms with Crippen LogP contribution >= 0.6 is 23.2 Å². The smallest absolute Gasteiger partial charge is 0.331 e. The molecular formula is C15H11Cl2NO4. The van der Waals surface area contributed by atoms with Gasteiger partial charge in [-0.3, -0.25) is 4.79 Å². The fraction of sp³-hybridized carbons (Fsp3) is 0.0667. The maximum Gasteiger partial charge on any atom is 0.331 e. The number of benzene rings is 1. The third-order valence-electron chi connectivity index (χ3n) is 2.42. The van der Waals surface area contributed by atoms with Gasteiger partial charge in [-0.05, 0) is 36.4 Å². The van der Waals surface area contributed by atoms with Gasteiger partial charge in [0.2, 0.25) is 0 Å². The SMILES string of the molecule is O=C(COC(=O)C=Cc1ccco1)Nc1cc(Cl)cc(Cl)c1. The third-order valence-corrected chi connectivity index (χ3v) is 2.86. The largest absolute Gasteiger partial charge is 0.465 e. The number of rotatable bonds is 5. The molecule has 2 aromatic rings. The van der Waals surface area contributed by atoms with Crippen molar-refractivity contribution in [1.82, 2.24) is 0 Å². The van der Waals surface area contributed by atoms with Crippen molar-refractivity contribution in [2.45, 2.75) is 0 Å². The molecule has 0 atom stereocenters. The summed E-state index contributed by atoms with van der Waals surface area (Å²) >= 11 is 11.6. The van der Waals surface area contributed by atoms with Crippen molar-refractivity contribution in [3.05, 3.63) is 58.5 Å². The molecule has 0 aliphatic rings. The predicted octanol–water partition coefficient (Wildman–Crippen LogP) is 3.78. The molecule has 0 aliphatic carbocycles. The molecule has 1 amide bonds. The highest BCUT2D eigenvalue weighted by Gasteiger charge is 2.07. The van der Waals surface area contributed by atoms with Gasteiger partial charge in [0, 0.05) is 21.8 Å². The molecule has 0 spiro atoms. The number of nitrogens with one attached hydrogen (secondary N) is 1. The van der Waals surface area contributed by atoms with E-state index in [2.05, 4.69) is 5.32 Å². The monoisotopic (exact) mass is 339 g/mol. The van der Waals surface area contributed by atoms with E-state index in [4.69, 9.17) is 32.4 Å². The first kappa shape index (κ1) is 16.1. The molecule has 0 radical (unpaired) electrons. The van der Waals surface area contributed by atoms with E-state index in [9.17, 15) is 9.59 Å². The van der Waals surface area contributed by atoms with Gasteiger partial charge in [-0.1, -0.05) is 23.2 Å². The van der Waals surface area contributed by atoms with Crippen molar-refractivity contribution < 1.29 is 18.7 Å². The number of ether oxygens (including phenoxy) is 1. The lowest BCUT2D eigenvalue weighted by atomic mass is 10.3. The van der Waals surface area contributed by atoms with E-state index in [-0.39, 0.29) is 0 Å². The fourth-order valence-electron chi connectivity index (χ4n) is 1.54. The number of hydrogen-bond donors (Lipinski definition) is 1. The topological polar surface area (TPSA) is 68.5 Å².